The zero-order valence-corrected chi connectivity index (χ0v) is 14.4. The first-order chi connectivity index (χ1) is 11.9. The molecular formula is C19H21N3O3. The first-order valence-corrected chi connectivity index (χ1v) is 7.89. The molecule has 0 heterocycles. The molecule has 1 atom stereocenters. The third kappa shape index (κ3) is 4.91. The van der Waals surface area contributed by atoms with Crippen LogP contribution in [0.3, 0.4) is 0 Å². The predicted octanol–water partition coefficient (Wildman–Crippen LogP) is 2.43. The van der Waals surface area contributed by atoms with Gasteiger partial charge in [0, 0.05) is 30.9 Å². The van der Waals surface area contributed by atoms with Gasteiger partial charge in [-0.2, -0.15) is 0 Å². The van der Waals surface area contributed by atoms with E-state index in [0.717, 1.165) is 5.69 Å². The fourth-order valence-corrected chi connectivity index (χ4v) is 2.31. The van der Waals surface area contributed by atoms with E-state index in [4.69, 9.17) is 0 Å². The lowest BCUT2D eigenvalue weighted by molar-refractivity contribution is -0.124. The van der Waals surface area contributed by atoms with Crippen LogP contribution in [0.15, 0.2) is 54.6 Å². The number of para-hydroxylation sites is 1. The average Bonchev–Trinajstić information content (AvgIpc) is 2.60. The maximum Gasteiger partial charge on any atom is 0.258 e. The van der Waals surface area contributed by atoms with Crippen molar-refractivity contribution in [3.63, 3.8) is 0 Å². The van der Waals surface area contributed by atoms with E-state index in [2.05, 4.69) is 10.6 Å². The van der Waals surface area contributed by atoms with Crippen molar-refractivity contribution in [3.8, 4) is 0 Å². The van der Waals surface area contributed by atoms with E-state index in [0.29, 0.717) is 11.3 Å². The predicted molar refractivity (Wildman–Crippen MR) is 97.5 cm³/mol. The van der Waals surface area contributed by atoms with Crippen LogP contribution < -0.4 is 15.5 Å². The van der Waals surface area contributed by atoms with Gasteiger partial charge in [-0.1, -0.05) is 24.3 Å². The van der Waals surface area contributed by atoms with E-state index in [9.17, 15) is 14.4 Å². The Hall–Kier alpha value is -3.15. The normalized spacial score (nSPS) is 11.3. The van der Waals surface area contributed by atoms with Gasteiger partial charge in [-0.25, -0.2) is 0 Å². The van der Waals surface area contributed by atoms with Crippen molar-refractivity contribution in [2.45, 2.75) is 19.9 Å². The molecule has 0 spiro atoms. The van der Waals surface area contributed by atoms with Gasteiger partial charge in [0.25, 0.3) is 5.91 Å². The number of nitrogens with one attached hydrogen (secondary N) is 2. The van der Waals surface area contributed by atoms with Gasteiger partial charge >= 0.3 is 0 Å². The third-order valence-electron chi connectivity index (χ3n) is 3.64. The van der Waals surface area contributed by atoms with E-state index in [1.54, 1.807) is 43.1 Å². The van der Waals surface area contributed by atoms with Crippen LogP contribution in [0.1, 0.15) is 24.2 Å². The molecular weight excluding hydrogens is 318 g/mol. The molecule has 0 aliphatic rings. The number of hydrogen-bond donors (Lipinski definition) is 2. The van der Waals surface area contributed by atoms with Crippen LogP contribution in [0.4, 0.5) is 11.4 Å². The monoisotopic (exact) mass is 339 g/mol. The van der Waals surface area contributed by atoms with Crippen molar-refractivity contribution in [1.82, 2.24) is 5.32 Å². The Kier molecular flexibility index (Phi) is 5.89. The van der Waals surface area contributed by atoms with Gasteiger partial charge < -0.3 is 15.5 Å². The maximum absolute atomic E-state index is 12.6. The van der Waals surface area contributed by atoms with Gasteiger partial charge in [0.2, 0.25) is 11.8 Å². The van der Waals surface area contributed by atoms with Crippen LogP contribution in [-0.4, -0.2) is 30.8 Å². The summed E-state index contributed by atoms with van der Waals surface area (Å²) in [6.07, 6.45) is 0. The number of rotatable bonds is 5. The fourth-order valence-electron chi connectivity index (χ4n) is 2.31. The molecule has 3 amide bonds. The van der Waals surface area contributed by atoms with Crippen LogP contribution in [0.5, 0.6) is 0 Å². The van der Waals surface area contributed by atoms with Crippen LogP contribution in [0, 0.1) is 0 Å². The number of benzene rings is 2. The molecule has 2 aromatic carbocycles. The standard InChI is InChI=1S/C19H21N3O3/c1-13(20-14(2)23)18(24)21-16-9-7-8-15(12-16)19(25)22(3)17-10-5-4-6-11-17/h4-13H,1-3H3,(H,20,23)(H,21,24). The Bertz CT molecular complexity index is 774. The highest BCUT2D eigenvalue weighted by Gasteiger charge is 2.16. The summed E-state index contributed by atoms with van der Waals surface area (Å²) in [4.78, 5) is 37.2. The number of carbonyl (C=O) groups is 3. The van der Waals surface area contributed by atoms with Crippen molar-refractivity contribution in [2.24, 2.45) is 0 Å². The van der Waals surface area contributed by atoms with Crippen LogP contribution >= 0.6 is 0 Å². The Morgan fingerprint density at radius 3 is 2.32 bits per heavy atom. The highest BCUT2D eigenvalue weighted by Crippen LogP contribution is 2.17. The van der Waals surface area contributed by atoms with E-state index in [-0.39, 0.29) is 17.7 Å². The number of hydrogen-bond acceptors (Lipinski definition) is 3. The molecule has 2 aromatic rings. The minimum atomic E-state index is -0.663. The molecule has 25 heavy (non-hydrogen) atoms. The van der Waals surface area contributed by atoms with Crippen molar-refractivity contribution in [2.75, 3.05) is 17.3 Å². The first kappa shape index (κ1) is 18.2. The van der Waals surface area contributed by atoms with E-state index in [1.807, 2.05) is 30.3 Å². The molecule has 0 fully saturated rings. The second kappa shape index (κ2) is 8.10. The summed E-state index contributed by atoms with van der Waals surface area (Å²) in [5.74, 6) is -0.815. The summed E-state index contributed by atoms with van der Waals surface area (Å²) in [6.45, 7) is 2.94. The van der Waals surface area contributed by atoms with Crippen molar-refractivity contribution in [1.29, 1.82) is 0 Å². The smallest absolute Gasteiger partial charge is 0.258 e. The summed E-state index contributed by atoms with van der Waals surface area (Å²) in [5, 5.41) is 5.21. The van der Waals surface area contributed by atoms with Crippen molar-refractivity contribution < 1.29 is 14.4 Å². The van der Waals surface area contributed by atoms with Gasteiger partial charge in [0.15, 0.2) is 0 Å². The SMILES string of the molecule is CC(=O)NC(C)C(=O)Nc1cccc(C(=O)N(C)c2ccccc2)c1. The van der Waals surface area contributed by atoms with Crippen molar-refractivity contribution >= 4 is 29.1 Å². The summed E-state index contributed by atoms with van der Waals surface area (Å²) in [5.41, 5.74) is 1.73. The molecule has 2 N–H and O–H groups in total. The van der Waals surface area contributed by atoms with Crippen molar-refractivity contribution in [3.05, 3.63) is 60.2 Å². The minimum absolute atomic E-state index is 0.183. The molecule has 0 saturated heterocycles. The van der Waals surface area contributed by atoms with E-state index >= 15 is 0 Å². The molecule has 0 aromatic heterocycles. The molecule has 0 aliphatic carbocycles. The van der Waals surface area contributed by atoms with Gasteiger partial charge in [-0.15, -0.1) is 0 Å². The summed E-state index contributed by atoms with van der Waals surface area (Å²) < 4.78 is 0. The van der Waals surface area contributed by atoms with Crippen LogP contribution in [0.25, 0.3) is 0 Å². The van der Waals surface area contributed by atoms with Gasteiger partial charge in [-0.05, 0) is 37.3 Å². The summed E-state index contributed by atoms with van der Waals surface area (Å²) >= 11 is 0. The summed E-state index contributed by atoms with van der Waals surface area (Å²) in [7, 11) is 1.70. The van der Waals surface area contributed by atoms with E-state index < -0.39 is 6.04 Å². The molecule has 6 heteroatoms. The topological polar surface area (TPSA) is 78.5 Å². The fraction of sp³-hybridized carbons (Fsp3) is 0.211. The molecule has 0 aliphatic heterocycles. The number of nitrogens with zero attached hydrogens (tertiary/aromatic N) is 1. The lowest BCUT2D eigenvalue weighted by Gasteiger charge is -2.18. The number of amides is 3. The highest BCUT2D eigenvalue weighted by molar-refractivity contribution is 6.07. The lowest BCUT2D eigenvalue weighted by Crippen LogP contribution is -2.40. The first-order valence-electron chi connectivity index (χ1n) is 7.89. The Morgan fingerprint density at radius 2 is 1.68 bits per heavy atom. The molecule has 1 unspecified atom stereocenters. The average molecular weight is 339 g/mol. The Labute approximate surface area is 146 Å². The Morgan fingerprint density at radius 1 is 1.00 bits per heavy atom. The number of anilines is 2. The second-order valence-corrected chi connectivity index (χ2v) is 5.69. The largest absolute Gasteiger partial charge is 0.345 e. The highest BCUT2D eigenvalue weighted by atomic mass is 16.2. The zero-order chi connectivity index (χ0) is 18.4. The molecule has 0 saturated carbocycles. The van der Waals surface area contributed by atoms with E-state index in [1.165, 1.54) is 6.92 Å². The molecule has 130 valence electrons. The van der Waals surface area contributed by atoms with Gasteiger partial charge in [0.05, 0.1) is 0 Å². The molecule has 2 rings (SSSR count). The van der Waals surface area contributed by atoms with Gasteiger partial charge in [0.1, 0.15) is 6.04 Å². The summed E-state index contributed by atoms with van der Waals surface area (Å²) in [6, 6.07) is 15.3. The number of carbonyl (C=O) groups excluding carboxylic acids is 3. The zero-order valence-electron chi connectivity index (χ0n) is 14.4. The lowest BCUT2D eigenvalue weighted by atomic mass is 10.1. The Balaban J connectivity index is 2.11. The molecule has 6 nitrogen and oxygen atoms in total. The third-order valence-corrected chi connectivity index (χ3v) is 3.64. The second-order valence-electron chi connectivity index (χ2n) is 5.69. The minimum Gasteiger partial charge on any atom is -0.345 e. The van der Waals surface area contributed by atoms with Gasteiger partial charge in [-0.3, -0.25) is 14.4 Å². The molecule has 0 radical (unpaired) electrons. The van der Waals surface area contributed by atoms with Crippen LogP contribution in [0.2, 0.25) is 0 Å². The quantitative estimate of drug-likeness (QED) is 0.878. The van der Waals surface area contributed by atoms with Crippen LogP contribution in [-0.2, 0) is 9.59 Å². The molecule has 0 bridgehead atoms. The maximum atomic E-state index is 12.6.